The number of carboxylic acids is 1. The summed E-state index contributed by atoms with van der Waals surface area (Å²) in [5, 5.41) is 11.7. The molecule has 0 radical (unpaired) electrons. The van der Waals surface area contributed by atoms with Gasteiger partial charge in [0.15, 0.2) is 0 Å². The Bertz CT molecular complexity index is 343. The number of carbonyl (C=O) groups excluding carboxylic acids is 1. The fourth-order valence-electron chi connectivity index (χ4n) is 2.29. The first-order valence-corrected chi connectivity index (χ1v) is 6.91. The molecule has 0 aromatic rings. The van der Waals surface area contributed by atoms with Gasteiger partial charge in [-0.2, -0.15) is 0 Å². The van der Waals surface area contributed by atoms with Crippen molar-refractivity contribution in [2.45, 2.75) is 58.9 Å². The van der Waals surface area contributed by atoms with Gasteiger partial charge in [-0.05, 0) is 39.0 Å². The normalized spacial score (nSPS) is 17.5. The van der Waals surface area contributed by atoms with E-state index < -0.39 is 5.97 Å². The Hall–Kier alpha value is -1.26. The molecule has 5 nitrogen and oxygen atoms in total. The molecule has 2 N–H and O–H groups in total. The van der Waals surface area contributed by atoms with Crippen LogP contribution in [0.3, 0.4) is 0 Å². The fraction of sp³-hybridized carbons (Fsp3) is 0.857. The lowest BCUT2D eigenvalue weighted by molar-refractivity contribution is -0.137. The Morgan fingerprint density at radius 3 is 2.26 bits per heavy atom. The minimum absolute atomic E-state index is 0.0258. The van der Waals surface area contributed by atoms with Gasteiger partial charge in [0.1, 0.15) is 0 Å². The van der Waals surface area contributed by atoms with Crippen molar-refractivity contribution >= 4 is 12.0 Å². The van der Waals surface area contributed by atoms with Crippen molar-refractivity contribution in [3.63, 3.8) is 0 Å². The van der Waals surface area contributed by atoms with Gasteiger partial charge in [-0.15, -0.1) is 0 Å². The summed E-state index contributed by atoms with van der Waals surface area (Å²) in [6.07, 6.45) is 3.51. The largest absolute Gasteiger partial charge is 0.481 e. The quantitative estimate of drug-likeness (QED) is 0.806. The van der Waals surface area contributed by atoms with E-state index in [1.165, 1.54) is 6.42 Å². The lowest BCUT2D eigenvalue weighted by Crippen LogP contribution is -2.53. The Labute approximate surface area is 115 Å². The van der Waals surface area contributed by atoms with Crippen molar-refractivity contribution in [3.8, 4) is 0 Å². The second kappa shape index (κ2) is 5.80. The molecule has 1 aliphatic carbocycles. The van der Waals surface area contributed by atoms with Crippen LogP contribution in [-0.4, -0.2) is 40.6 Å². The molecule has 1 aliphatic rings. The molecular weight excluding hydrogens is 244 g/mol. The Morgan fingerprint density at radius 2 is 1.89 bits per heavy atom. The summed E-state index contributed by atoms with van der Waals surface area (Å²) in [7, 11) is 0. The highest BCUT2D eigenvalue weighted by atomic mass is 16.4. The van der Waals surface area contributed by atoms with E-state index in [4.69, 9.17) is 5.11 Å². The van der Waals surface area contributed by atoms with Gasteiger partial charge in [-0.1, -0.05) is 13.3 Å². The van der Waals surface area contributed by atoms with E-state index >= 15 is 0 Å². The van der Waals surface area contributed by atoms with Crippen LogP contribution in [-0.2, 0) is 4.79 Å². The highest BCUT2D eigenvalue weighted by Crippen LogP contribution is 2.39. The monoisotopic (exact) mass is 270 g/mol. The minimum atomic E-state index is -0.881. The van der Waals surface area contributed by atoms with Crippen molar-refractivity contribution in [3.05, 3.63) is 0 Å². The number of carboxylic acid groups (broad SMARTS) is 1. The molecule has 5 heteroatoms. The summed E-state index contributed by atoms with van der Waals surface area (Å²) in [4.78, 5) is 24.5. The molecule has 1 rings (SSSR count). The van der Waals surface area contributed by atoms with Gasteiger partial charge in [0, 0.05) is 18.6 Å². The Morgan fingerprint density at radius 1 is 1.32 bits per heavy atom. The molecule has 0 spiro atoms. The van der Waals surface area contributed by atoms with Gasteiger partial charge in [-0.3, -0.25) is 4.79 Å². The van der Waals surface area contributed by atoms with Crippen LogP contribution in [0.15, 0.2) is 0 Å². The summed E-state index contributed by atoms with van der Waals surface area (Å²) in [6.45, 7) is 8.83. The predicted molar refractivity (Wildman–Crippen MR) is 74.1 cm³/mol. The van der Waals surface area contributed by atoms with Crippen LogP contribution in [0.25, 0.3) is 0 Å². The second-order valence-corrected chi connectivity index (χ2v) is 6.79. The molecule has 19 heavy (non-hydrogen) atoms. The lowest BCUT2D eigenvalue weighted by Gasteiger charge is -2.40. The van der Waals surface area contributed by atoms with Gasteiger partial charge in [0.2, 0.25) is 0 Å². The molecule has 0 unspecified atom stereocenters. The first kappa shape index (κ1) is 15.8. The van der Waals surface area contributed by atoms with Crippen LogP contribution in [0.4, 0.5) is 4.79 Å². The van der Waals surface area contributed by atoms with Gasteiger partial charge >= 0.3 is 12.0 Å². The average Bonchev–Trinajstić information content (AvgIpc) is 2.21. The highest BCUT2D eigenvalue weighted by Gasteiger charge is 2.33. The molecule has 0 aliphatic heterocycles. The van der Waals surface area contributed by atoms with Crippen molar-refractivity contribution < 1.29 is 14.7 Å². The first-order chi connectivity index (χ1) is 8.64. The zero-order valence-electron chi connectivity index (χ0n) is 12.5. The maximum atomic E-state index is 12.2. The number of carbonyl (C=O) groups is 2. The molecule has 0 bridgehead atoms. The molecule has 1 saturated carbocycles. The summed E-state index contributed by atoms with van der Waals surface area (Å²) in [6, 6.07) is -0.165. The van der Waals surface area contributed by atoms with Gasteiger partial charge in [0.05, 0.1) is 6.42 Å². The molecule has 0 atom stereocenters. The Kier molecular flexibility index (Phi) is 4.82. The first-order valence-electron chi connectivity index (χ1n) is 6.91. The number of nitrogens with one attached hydrogen (secondary N) is 1. The number of nitrogens with zero attached hydrogens (tertiary/aromatic N) is 1. The average molecular weight is 270 g/mol. The number of aliphatic carboxylic acids is 1. The molecule has 2 amide bonds. The predicted octanol–water partition coefficient (Wildman–Crippen LogP) is 2.46. The third-order valence-corrected chi connectivity index (χ3v) is 3.83. The van der Waals surface area contributed by atoms with Crippen molar-refractivity contribution in [1.29, 1.82) is 0 Å². The van der Waals surface area contributed by atoms with Gasteiger partial charge < -0.3 is 15.3 Å². The number of amides is 2. The van der Waals surface area contributed by atoms with E-state index in [9.17, 15) is 9.59 Å². The van der Waals surface area contributed by atoms with Crippen LogP contribution in [0.1, 0.15) is 53.4 Å². The van der Waals surface area contributed by atoms with E-state index in [0.717, 1.165) is 12.8 Å². The minimum Gasteiger partial charge on any atom is -0.481 e. The molecular formula is C14H26N2O3. The topological polar surface area (TPSA) is 69.6 Å². The SMILES string of the molecule is CC1(CNC(=O)N(CCC(=O)O)C(C)(C)C)CCC1. The van der Waals surface area contributed by atoms with Crippen molar-refractivity contribution in [2.24, 2.45) is 5.41 Å². The zero-order chi connectivity index (χ0) is 14.7. The van der Waals surface area contributed by atoms with Crippen LogP contribution < -0.4 is 5.32 Å². The van der Waals surface area contributed by atoms with Gasteiger partial charge in [0.25, 0.3) is 0 Å². The van der Waals surface area contributed by atoms with E-state index in [-0.39, 0.29) is 30.0 Å². The Balaban J connectivity index is 2.53. The van der Waals surface area contributed by atoms with Crippen LogP contribution in [0, 0.1) is 5.41 Å². The third kappa shape index (κ3) is 4.73. The molecule has 0 heterocycles. The summed E-state index contributed by atoms with van der Waals surface area (Å²) >= 11 is 0. The molecule has 110 valence electrons. The number of rotatable bonds is 5. The lowest BCUT2D eigenvalue weighted by atomic mass is 9.70. The van der Waals surface area contributed by atoms with Crippen LogP contribution >= 0.6 is 0 Å². The summed E-state index contributed by atoms with van der Waals surface area (Å²) in [5.74, 6) is -0.881. The van der Waals surface area contributed by atoms with E-state index in [1.54, 1.807) is 4.90 Å². The standard InChI is InChI=1S/C14H26N2O3/c1-13(2,3)16(9-6-11(17)18)12(19)15-10-14(4)7-5-8-14/h5-10H2,1-4H3,(H,15,19)(H,17,18). The molecule has 0 aromatic heterocycles. The maximum absolute atomic E-state index is 12.2. The smallest absolute Gasteiger partial charge is 0.317 e. The maximum Gasteiger partial charge on any atom is 0.317 e. The summed E-state index contributed by atoms with van der Waals surface area (Å²) < 4.78 is 0. The van der Waals surface area contributed by atoms with E-state index in [2.05, 4.69) is 12.2 Å². The number of hydrogen-bond acceptors (Lipinski definition) is 2. The number of hydrogen-bond donors (Lipinski definition) is 2. The van der Waals surface area contributed by atoms with Gasteiger partial charge in [-0.25, -0.2) is 4.79 Å². The molecule has 0 aromatic carbocycles. The van der Waals surface area contributed by atoms with Crippen molar-refractivity contribution in [2.75, 3.05) is 13.1 Å². The molecule has 0 saturated heterocycles. The van der Waals surface area contributed by atoms with Crippen LogP contribution in [0.5, 0.6) is 0 Å². The van der Waals surface area contributed by atoms with Crippen LogP contribution in [0.2, 0.25) is 0 Å². The highest BCUT2D eigenvalue weighted by molar-refractivity contribution is 5.76. The second-order valence-electron chi connectivity index (χ2n) is 6.79. The summed E-state index contributed by atoms with van der Waals surface area (Å²) in [5.41, 5.74) is -0.147. The molecule has 1 fully saturated rings. The zero-order valence-corrected chi connectivity index (χ0v) is 12.5. The third-order valence-electron chi connectivity index (χ3n) is 3.83. The fourth-order valence-corrected chi connectivity index (χ4v) is 2.29. The number of urea groups is 1. The van der Waals surface area contributed by atoms with E-state index in [0.29, 0.717) is 6.54 Å². The van der Waals surface area contributed by atoms with Crippen molar-refractivity contribution in [1.82, 2.24) is 10.2 Å². The van der Waals surface area contributed by atoms with E-state index in [1.807, 2.05) is 20.8 Å².